The molecule has 1 heterocycles. The Morgan fingerprint density at radius 1 is 1.30 bits per heavy atom. The van der Waals surface area contributed by atoms with Crippen LogP contribution in [0.4, 0.5) is 5.69 Å². The molecule has 23 heavy (non-hydrogen) atoms. The summed E-state index contributed by atoms with van der Waals surface area (Å²) < 4.78 is 2.10. The van der Waals surface area contributed by atoms with Crippen molar-refractivity contribution in [2.45, 2.75) is 58.4 Å². The van der Waals surface area contributed by atoms with Gasteiger partial charge in [0, 0.05) is 18.2 Å². The summed E-state index contributed by atoms with van der Waals surface area (Å²) in [6.45, 7) is 10.2. The number of hydrogen-bond acceptors (Lipinski definition) is 3. The average Bonchev–Trinajstić information content (AvgIpc) is 2.75. The number of nitrogens with zero attached hydrogens (tertiary/aromatic N) is 2. The number of carbonyl (C=O) groups excluding carboxylic acids is 1. The number of amides is 1. The van der Waals surface area contributed by atoms with Crippen molar-refractivity contribution in [2.24, 2.45) is 12.8 Å². The van der Waals surface area contributed by atoms with E-state index in [-0.39, 0.29) is 11.3 Å². The van der Waals surface area contributed by atoms with E-state index < -0.39 is 5.54 Å². The van der Waals surface area contributed by atoms with Crippen LogP contribution in [0, 0.1) is 0 Å². The third-order valence-electron chi connectivity index (χ3n) is 4.10. The second-order valence-electron chi connectivity index (χ2n) is 7.57. The predicted molar refractivity (Wildman–Crippen MR) is 95.5 cm³/mol. The van der Waals surface area contributed by atoms with E-state index in [1.54, 1.807) is 6.92 Å². The maximum atomic E-state index is 12.3. The number of hydrogen-bond donors (Lipinski definition) is 2. The molecule has 0 spiro atoms. The first kappa shape index (κ1) is 17.5. The van der Waals surface area contributed by atoms with E-state index in [1.807, 2.05) is 32.2 Å². The smallest absolute Gasteiger partial charge is 0.244 e. The highest BCUT2D eigenvalue weighted by atomic mass is 16.2. The number of anilines is 1. The van der Waals surface area contributed by atoms with Crippen molar-refractivity contribution in [1.82, 2.24) is 9.55 Å². The Kier molecular flexibility index (Phi) is 4.53. The molecule has 0 aliphatic heterocycles. The molecule has 0 aliphatic rings. The number of fused-ring (bicyclic) bond motifs is 1. The Morgan fingerprint density at radius 2 is 1.96 bits per heavy atom. The molecule has 1 amide bonds. The highest BCUT2D eigenvalue weighted by molar-refractivity contribution is 5.98. The lowest BCUT2D eigenvalue weighted by Gasteiger charge is -2.22. The predicted octanol–water partition coefficient (Wildman–Crippen LogP) is 3.33. The molecule has 5 heteroatoms. The van der Waals surface area contributed by atoms with Crippen LogP contribution in [0.15, 0.2) is 18.2 Å². The van der Waals surface area contributed by atoms with Crippen LogP contribution in [0.3, 0.4) is 0 Å². The fourth-order valence-corrected chi connectivity index (χ4v) is 2.86. The molecule has 126 valence electrons. The fraction of sp³-hybridized carbons (Fsp3) is 0.556. The summed E-state index contributed by atoms with van der Waals surface area (Å²) in [7, 11) is 2.02. The van der Waals surface area contributed by atoms with Crippen LogP contribution in [0.2, 0.25) is 0 Å². The second kappa shape index (κ2) is 5.96. The molecule has 1 atom stereocenters. The molecule has 1 aromatic heterocycles. The van der Waals surface area contributed by atoms with Gasteiger partial charge in [-0.25, -0.2) is 4.98 Å². The topological polar surface area (TPSA) is 72.9 Å². The lowest BCUT2D eigenvalue weighted by molar-refractivity contribution is -0.120. The molecule has 1 unspecified atom stereocenters. The summed E-state index contributed by atoms with van der Waals surface area (Å²) in [5.41, 5.74) is 7.86. The standard InChI is InChI=1S/C18H28N4O/c1-7-10-18(5,19)16(23)20-12-8-9-14-13(11-12)21-15(22(14)6)17(2,3)4/h8-9,11H,7,10,19H2,1-6H3,(H,20,23). The van der Waals surface area contributed by atoms with Gasteiger partial charge in [-0.05, 0) is 31.5 Å². The Balaban J connectivity index is 2.33. The van der Waals surface area contributed by atoms with Crippen molar-refractivity contribution in [2.75, 3.05) is 5.32 Å². The van der Waals surface area contributed by atoms with Crippen LogP contribution in [0.5, 0.6) is 0 Å². The van der Waals surface area contributed by atoms with Crippen molar-refractivity contribution in [3.05, 3.63) is 24.0 Å². The minimum absolute atomic E-state index is 0.0336. The molecule has 0 aliphatic carbocycles. The van der Waals surface area contributed by atoms with Crippen molar-refractivity contribution >= 4 is 22.6 Å². The summed E-state index contributed by atoms with van der Waals surface area (Å²) in [4.78, 5) is 17.1. The molecule has 0 saturated heterocycles. The first-order chi connectivity index (χ1) is 10.6. The van der Waals surface area contributed by atoms with Gasteiger partial charge in [-0.3, -0.25) is 4.79 Å². The van der Waals surface area contributed by atoms with Crippen LogP contribution in [0.1, 0.15) is 53.3 Å². The second-order valence-corrected chi connectivity index (χ2v) is 7.57. The summed E-state index contributed by atoms with van der Waals surface area (Å²) in [5, 5.41) is 2.91. The van der Waals surface area contributed by atoms with E-state index in [0.717, 1.165) is 29.0 Å². The molecule has 0 fully saturated rings. The maximum Gasteiger partial charge on any atom is 0.244 e. The lowest BCUT2D eigenvalue weighted by atomic mass is 9.96. The van der Waals surface area contributed by atoms with Gasteiger partial charge in [0.25, 0.3) is 0 Å². The summed E-state index contributed by atoms with van der Waals surface area (Å²) in [6.07, 6.45) is 1.52. The first-order valence-corrected chi connectivity index (χ1v) is 8.13. The molecule has 0 bridgehead atoms. The van der Waals surface area contributed by atoms with Crippen molar-refractivity contribution in [1.29, 1.82) is 0 Å². The fourth-order valence-electron chi connectivity index (χ4n) is 2.86. The van der Waals surface area contributed by atoms with Crippen molar-refractivity contribution in [3.8, 4) is 0 Å². The number of imidazole rings is 1. The van der Waals surface area contributed by atoms with E-state index in [0.29, 0.717) is 6.42 Å². The van der Waals surface area contributed by atoms with Crippen LogP contribution < -0.4 is 11.1 Å². The number of aromatic nitrogens is 2. The molecule has 3 N–H and O–H groups in total. The van der Waals surface area contributed by atoms with Crippen LogP contribution >= 0.6 is 0 Å². The quantitative estimate of drug-likeness (QED) is 0.908. The highest BCUT2D eigenvalue weighted by Crippen LogP contribution is 2.27. The number of nitrogens with one attached hydrogen (secondary N) is 1. The SMILES string of the molecule is CCCC(C)(N)C(=O)Nc1ccc2c(c1)nc(C(C)(C)C)n2C. The normalized spacial score (nSPS) is 14.7. The van der Waals surface area contributed by atoms with Gasteiger partial charge >= 0.3 is 0 Å². The number of rotatable bonds is 4. The van der Waals surface area contributed by atoms with E-state index >= 15 is 0 Å². The monoisotopic (exact) mass is 316 g/mol. The van der Waals surface area contributed by atoms with E-state index in [9.17, 15) is 4.79 Å². The first-order valence-electron chi connectivity index (χ1n) is 8.13. The number of benzene rings is 1. The largest absolute Gasteiger partial charge is 0.331 e. The molecule has 0 saturated carbocycles. The Bertz CT molecular complexity index is 722. The molecule has 0 radical (unpaired) electrons. The zero-order valence-corrected chi connectivity index (χ0v) is 15.0. The minimum atomic E-state index is -0.857. The van der Waals surface area contributed by atoms with Crippen molar-refractivity contribution < 1.29 is 4.79 Å². The van der Waals surface area contributed by atoms with Gasteiger partial charge in [0.05, 0.1) is 16.6 Å². The molecular formula is C18H28N4O. The number of carbonyl (C=O) groups is 1. The van der Waals surface area contributed by atoms with Gasteiger partial charge in [0.1, 0.15) is 5.82 Å². The van der Waals surface area contributed by atoms with Gasteiger partial charge in [-0.15, -0.1) is 0 Å². The minimum Gasteiger partial charge on any atom is -0.331 e. The van der Waals surface area contributed by atoms with Gasteiger partial charge in [-0.2, -0.15) is 0 Å². The third kappa shape index (κ3) is 3.55. The summed E-state index contributed by atoms with van der Waals surface area (Å²) in [5.74, 6) is 0.858. The zero-order valence-electron chi connectivity index (χ0n) is 15.0. The molecule has 5 nitrogen and oxygen atoms in total. The summed E-state index contributed by atoms with van der Waals surface area (Å²) >= 11 is 0. The Labute approximate surface area is 138 Å². The molecule has 1 aromatic carbocycles. The number of aryl methyl sites for hydroxylation is 1. The lowest BCUT2D eigenvalue weighted by Crippen LogP contribution is -2.48. The number of nitrogens with two attached hydrogens (primary N) is 1. The van der Waals surface area contributed by atoms with Crippen LogP contribution in [0.25, 0.3) is 11.0 Å². The average molecular weight is 316 g/mol. The van der Waals surface area contributed by atoms with Crippen LogP contribution in [-0.4, -0.2) is 21.0 Å². The molecule has 2 aromatic rings. The Morgan fingerprint density at radius 3 is 2.52 bits per heavy atom. The maximum absolute atomic E-state index is 12.3. The molecule has 2 rings (SSSR count). The van der Waals surface area contributed by atoms with E-state index in [2.05, 4.69) is 30.7 Å². The third-order valence-corrected chi connectivity index (χ3v) is 4.10. The van der Waals surface area contributed by atoms with Crippen LogP contribution in [-0.2, 0) is 17.3 Å². The summed E-state index contributed by atoms with van der Waals surface area (Å²) in [6, 6.07) is 5.79. The Hall–Kier alpha value is -1.88. The highest BCUT2D eigenvalue weighted by Gasteiger charge is 2.27. The van der Waals surface area contributed by atoms with E-state index in [1.165, 1.54) is 0 Å². The molecular weight excluding hydrogens is 288 g/mol. The van der Waals surface area contributed by atoms with Gasteiger partial charge < -0.3 is 15.6 Å². The van der Waals surface area contributed by atoms with E-state index in [4.69, 9.17) is 10.7 Å². The van der Waals surface area contributed by atoms with Gasteiger partial charge in [-0.1, -0.05) is 34.1 Å². The van der Waals surface area contributed by atoms with Crippen molar-refractivity contribution in [3.63, 3.8) is 0 Å². The van der Waals surface area contributed by atoms with Gasteiger partial charge in [0.15, 0.2) is 0 Å². The van der Waals surface area contributed by atoms with Gasteiger partial charge in [0.2, 0.25) is 5.91 Å². The zero-order chi connectivity index (χ0) is 17.4.